The van der Waals surface area contributed by atoms with E-state index in [0.717, 1.165) is 0 Å². The first kappa shape index (κ1) is 12.9. The van der Waals surface area contributed by atoms with Crippen molar-refractivity contribution >= 4 is 69.6 Å². The second-order valence-corrected chi connectivity index (χ2v) is 6.39. The first-order valence-corrected chi connectivity index (χ1v) is 5.45. The molecular formula is C5H3Cl6N3. The van der Waals surface area contributed by atoms with E-state index in [1.165, 1.54) is 4.68 Å². The molecule has 1 aromatic rings. The SMILES string of the molecule is Cn1nnc(C(Cl)(Cl)C(Cl)(Cl)Cl)c1Cl. The number of aryl methyl sites for hydroxylation is 1. The molecule has 0 atom stereocenters. The predicted octanol–water partition coefficient (Wildman–Crippen LogP) is 3.47. The van der Waals surface area contributed by atoms with E-state index in [-0.39, 0.29) is 10.8 Å². The van der Waals surface area contributed by atoms with Crippen LogP contribution in [0.1, 0.15) is 5.69 Å². The number of rotatable bonds is 1. The lowest BCUT2D eigenvalue weighted by molar-refractivity contribution is 0.711. The maximum absolute atomic E-state index is 5.83. The van der Waals surface area contributed by atoms with Gasteiger partial charge in [-0.2, -0.15) is 0 Å². The van der Waals surface area contributed by atoms with Gasteiger partial charge in [-0.3, -0.25) is 0 Å². The Balaban J connectivity index is 3.23. The summed E-state index contributed by atoms with van der Waals surface area (Å²) in [6.07, 6.45) is 0. The molecule has 14 heavy (non-hydrogen) atoms. The van der Waals surface area contributed by atoms with Crippen LogP contribution in [0.2, 0.25) is 5.15 Å². The Kier molecular flexibility index (Phi) is 3.73. The van der Waals surface area contributed by atoms with Crippen molar-refractivity contribution in [1.29, 1.82) is 0 Å². The Bertz CT molecular complexity index is 340. The van der Waals surface area contributed by atoms with Crippen molar-refractivity contribution in [1.82, 2.24) is 15.0 Å². The quantitative estimate of drug-likeness (QED) is 0.743. The minimum Gasteiger partial charge on any atom is -0.236 e. The van der Waals surface area contributed by atoms with Crippen molar-refractivity contribution in [2.24, 2.45) is 7.05 Å². The lowest BCUT2D eigenvalue weighted by Crippen LogP contribution is -2.29. The fourth-order valence-electron chi connectivity index (χ4n) is 0.672. The van der Waals surface area contributed by atoms with Crippen molar-refractivity contribution in [2.45, 2.75) is 8.13 Å². The molecule has 0 aliphatic heterocycles. The third-order valence-electron chi connectivity index (χ3n) is 1.41. The molecule has 0 unspecified atom stereocenters. The topological polar surface area (TPSA) is 30.7 Å². The summed E-state index contributed by atoms with van der Waals surface area (Å²) >= 11 is 34.2. The second-order valence-electron chi connectivity index (χ2n) is 2.42. The van der Waals surface area contributed by atoms with Gasteiger partial charge >= 0.3 is 0 Å². The number of hydrogen-bond acceptors (Lipinski definition) is 2. The van der Waals surface area contributed by atoms with Crippen LogP contribution < -0.4 is 0 Å². The molecule has 80 valence electrons. The molecule has 0 bridgehead atoms. The van der Waals surface area contributed by atoms with E-state index in [1.807, 2.05) is 0 Å². The monoisotopic (exact) mass is 315 g/mol. The van der Waals surface area contributed by atoms with Crippen LogP contribution in [0.4, 0.5) is 0 Å². The molecule has 0 radical (unpaired) electrons. The molecule has 1 rings (SSSR count). The molecule has 0 saturated carbocycles. The maximum Gasteiger partial charge on any atom is 0.228 e. The first-order valence-electron chi connectivity index (χ1n) is 3.18. The highest BCUT2D eigenvalue weighted by Gasteiger charge is 2.51. The Morgan fingerprint density at radius 3 is 1.93 bits per heavy atom. The van der Waals surface area contributed by atoms with Gasteiger partial charge < -0.3 is 0 Å². The molecule has 0 spiro atoms. The highest BCUT2D eigenvalue weighted by Crippen LogP contribution is 2.53. The van der Waals surface area contributed by atoms with Crippen LogP contribution in [0.15, 0.2) is 0 Å². The number of alkyl halides is 5. The van der Waals surface area contributed by atoms with Crippen LogP contribution in [0, 0.1) is 0 Å². The van der Waals surface area contributed by atoms with Gasteiger partial charge in [-0.15, -0.1) is 5.10 Å². The molecule has 1 aromatic heterocycles. The predicted molar refractivity (Wildman–Crippen MR) is 59.7 cm³/mol. The van der Waals surface area contributed by atoms with E-state index in [0.29, 0.717) is 0 Å². The minimum atomic E-state index is -1.95. The average molecular weight is 318 g/mol. The van der Waals surface area contributed by atoms with Gasteiger partial charge in [0.2, 0.25) is 8.13 Å². The van der Waals surface area contributed by atoms with Gasteiger partial charge in [-0.25, -0.2) is 4.68 Å². The fraction of sp³-hybridized carbons (Fsp3) is 0.600. The van der Waals surface area contributed by atoms with Crippen LogP contribution in [0.5, 0.6) is 0 Å². The van der Waals surface area contributed by atoms with E-state index in [4.69, 9.17) is 69.6 Å². The Labute approximate surface area is 110 Å². The zero-order valence-electron chi connectivity index (χ0n) is 6.61. The van der Waals surface area contributed by atoms with Crippen LogP contribution in [-0.4, -0.2) is 18.8 Å². The summed E-state index contributed by atoms with van der Waals surface area (Å²) in [5.74, 6) is 0. The van der Waals surface area contributed by atoms with Crippen LogP contribution in [-0.2, 0) is 11.4 Å². The Morgan fingerprint density at radius 2 is 1.64 bits per heavy atom. The van der Waals surface area contributed by atoms with E-state index < -0.39 is 8.13 Å². The maximum atomic E-state index is 5.83. The zero-order valence-corrected chi connectivity index (χ0v) is 11.1. The number of nitrogens with zero attached hydrogens (tertiary/aromatic N) is 3. The summed E-state index contributed by atoms with van der Waals surface area (Å²) in [7, 11) is 1.56. The molecule has 0 aromatic carbocycles. The van der Waals surface area contributed by atoms with Gasteiger partial charge in [0.1, 0.15) is 5.69 Å². The summed E-state index contributed by atoms with van der Waals surface area (Å²) in [5, 5.41) is 7.32. The molecule has 1 heterocycles. The van der Waals surface area contributed by atoms with Gasteiger partial charge in [0, 0.05) is 7.05 Å². The van der Waals surface area contributed by atoms with Gasteiger partial charge in [0.05, 0.1) is 0 Å². The number of hydrogen-bond donors (Lipinski definition) is 0. The molecule has 0 N–H and O–H groups in total. The highest BCUT2D eigenvalue weighted by atomic mass is 35.6. The van der Waals surface area contributed by atoms with Crippen LogP contribution >= 0.6 is 69.6 Å². The zero-order chi connectivity index (χ0) is 11.1. The molecule has 0 amide bonds. The summed E-state index contributed by atoms with van der Waals surface area (Å²) in [4.78, 5) is 0. The van der Waals surface area contributed by atoms with Crippen molar-refractivity contribution in [3.8, 4) is 0 Å². The normalized spacial score (nSPS) is 13.4. The molecule has 3 nitrogen and oxygen atoms in total. The van der Waals surface area contributed by atoms with Gasteiger partial charge in [-0.05, 0) is 0 Å². The second kappa shape index (κ2) is 4.04. The Hall–Kier alpha value is 0.880. The average Bonchev–Trinajstić information content (AvgIpc) is 2.30. The molecular weight excluding hydrogens is 315 g/mol. The van der Waals surface area contributed by atoms with Gasteiger partial charge in [-0.1, -0.05) is 74.8 Å². The summed E-state index contributed by atoms with van der Waals surface area (Å²) < 4.78 is -2.54. The van der Waals surface area contributed by atoms with E-state index in [9.17, 15) is 0 Å². The van der Waals surface area contributed by atoms with Crippen molar-refractivity contribution in [2.75, 3.05) is 0 Å². The van der Waals surface area contributed by atoms with Gasteiger partial charge in [0.25, 0.3) is 0 Å². The van der Waals surface area contributed by atoms with Crippen LogP contribution in [0.3, 0.4) is 0 Å². The third kappa shape index (κ3) is 2.18. The fourth-order valence-corrected chi connectivity index (χ4v) is 1.51. The lowest BCUT2D eigenvalue weighted by atomic mass is 10.3. The molecule has 0 aliphatic carbocycles. The molecule has 9 heteroatoms. The van der Waals surface area contributed by atoms with E-state index >= 15 is 0 Å². The lowest BCUT2D eigenvalue weighted by Gasteiger charge is -2.25. The third-order valence-corrected chi connectivity index (χ3v) is 4.19. The summed E-state index contributed by atoms with van der Waals surface area (Å²) in [6, 6.07) is 0. The smallest absolute Gasteiger partial charge is 0.228 e. The first-order chi connectivity index (χ1) is 6.18. The van der Waals surface area contributed by atoms with Crippen molar-refractivity contribution in [3.63, 3.8) is 0 Å². The standard InChI is InChI=1S/C5H3Cl6N3/c1-14-3(6)2(12-13-14)4(7,8)5(9,10)11/h1H3. The number of aromatic nitrogens is 3. The highest BCUT2D eigenvalue weighted by molar-refractivity contribution is 6.75. The minimum absolute atomic E-state index is 0.00463. The largest absolute Gasteiger partial charge is 0.236 e. The number of halogens is 6. The van der Waals surface area contributed by atoms with Crippen molar-refractivity contribution in [3.05, 3.63) is 10.8 Å². The van der Waals surface area contributed by atoms with Gasteiger partial charge in [0.15, 0.2) is 5.15 Å². The van der Waals surface area contributed by atoms with E-state index in [1.54, 1.807) is 7.05 Å². The molecule has 0 fully saturated rings. The Morgan fingerprint density at radius 1 is 1.14 bits per heavy atom. The summed E-state index contributed by atoms with van der Waals surface area (Å²) in [6.45, 7) is 0. The summed E-state index contributed by atoms with van der Waals surface area (Å²) in [5.41, 5.74) is 0.00463. The molecule has 0 aliphatic rings. The van der Waals surface area contributed by atoms with Crippen LogP contribution in [0.25, 0.3) is 0 Å². The van der Waals surface area contributed by atoms with Crippen molar-refractivity contribution < 1.29 is 0 Å². The molecule has 0 saturated heterocycles. The van der Waals surface area contributed by atoms with E-state index in [2.05, 4.69) is 10.3 Å².